The number of ether oxygens (including phenoxy) is 2. The molecule has 2 aromatic rings. The Kier molecular flexibility index (Phi) is 6.44. The van der Waals surface area contributed by atoms with Crippen molar-refractivity contribution in [1.82, 2.24) is 4.98 Å². The Morgan fingerprint density at radius 2 is 2.15 bits per heavy atom. The summed E-state index contributed by atoms with van der Waals surface area (Å²) in [5, 5.41) is 0.669. The number of carbonyl (C=O) groups excluding carboxylic acids is 1. The minimum atomic E-state index is -0.299. The van der Waals surface area contributed by atoms with Crippen molar-refractivity contribution in [3.05, 3.63) is 57.9 Å². The fourth-order valence-corrected chi connectivity index (χ4v) is 3.24. The first-order chi connectivity index (χ1) is 13.0. The van der Waals surface area contributed by atoms with Crippen molar-refractivity contribution < 1.29 is 19.1 Å². The summed E-state index contributed by atoms with van der Waals surface area (Å²) < 4.78 is 11.6. The van der Waals surface area contributed by atoms with E-state index >= 15 is 0 Å². The Morgan fingerprint density at radius 1 is 1.41 bits per heavy atom. The highest BCUT2D eigenvalue weighted by Crippen LogP contribution is 2.41. The number of hydrogen-bond donors (Lipinski definition) is 1. The van der Waals surface area contributed by atoms with Gasteiger partial charge in [-0.25, -0.2) is 5.90 Å². The van der Waals surface area contributed by atoms with Crippen LogP contribution in [0.15, 0.2) is 30.5 Å². The zero-order valence-electron chi connectivity index (χ0n) is 15.4. The number of nitrogens with zero attached hydrogens (tertiary/aromatic N) is 1. The van der Waals surface area contributed by atoms with Crippen LogP contribution in [-0.4, -0.2) is 17.6 Å². The molecule has 1 aliphatic rings. The summed E-state index contributed by atoms with van der Waals surface area (Å²) in [4.78, 5) is 21.3. The topological polar surface area (TPSA) is 83.7 Å². The van der Waals surface area contributed by atoms with E-state index in [9.17, 15) is 4.79 Å². The molecule has 7 heteroatoms. The number of carbonyl (C=O) groups is 1. The third-order valence-electron chi connectivity index (χ3n) is 4.64. The minimum Gasteiger partial charge on any atom is -0.424 e. The molecular formula is C20H23ClN2O4. The van der Waals surface area contributed by atoms with Crippen LogP contribution in [0.3, 0.4) is 0 Å². The van der Waals surface area contributed by atoms with Crippen LogP contribution in [-0.2, 0) is 21.0 Å². The maximum Gasteiger partial charge on any atom is 0.311 e. The highest BCUT2D eigenvalue weighted by molar-refractivity contribution is 6.30. The molecule has 3 rings (SSSR count). The molecular weight excluding hydrogens is 368 g/mol. The van der Waals surface area contributed by atoms with Gasteiger partial charge in [0, 0.05) is 28.8 Å². The van der Waals surface area contributed by atoms with Crippen molar-refractivity contribution in [1.29, 1.82) is 0 Å². The number of rotatable bonds is 7. The van der Waals surface area contributed by atoms with Gasteiger partial charge in [0.1, 0.15) is 6.10 Å². The first kappa shape index (κ1) is 19.8. The van der Waals surface area contributed by atoms with Crippen LogP contribution in [0, 0.1) is 12.8 Å². The molecule has 0 spiro atoms. The number of aromatic nitrogens is 1. The number of aryl methyl sites for hydroxylation is 1. The van der Waals surface area contributed by atoms with Crippen LogP contribution >= 0.6 is 11.6 Å². The van der Waals surface area contributed by atoms with Crippen molar-refractivity contribution in [2.24, 2.45) is 11.8 Å². The molecule has 1 unspecified atom stereocenters. The smallest absolute Gasteiger partial charge is 0.311 e. The molecule has 0 saturated heterocycles. The molecule has 2 heterocycles. The van der Waals surface area contributed by atoms with E-state index in [1.807, 2.05) is 38.1 Å². The van der Waals surface area contributed by atoms with Crippen molar-refractivity contribution >= 4 is 17.6 Å². The van der Waals surface area contributed by atoms with Crippen LogP contribution in [0.4, 0.5) is 0 Å². The van der Waals surface area contributed by atoms with Gasteiger partial charge in [-0.1, -0.05) is 30.7 Å². The average molecular weight is 391 g/mol. The molecule has 0 amide bonds. The second-order valence-electron chi connectivity index (χ2n) is 6.80. The predicted molar refractivity (Wildman–Crippen MR) is 101 cm³/mol. The van der Waals surface area contributed by atoms with E-state index in [0.717, 1.165) is 16.7 Å². The Hall–Kier alpha value is -1.99. The van der Waals surface area contributed by atoms with Crippen molar-refractivity contribution in [2.45, 2.75) is 39.4 Å². The maximum atomic E-state index is 12.3. The van der Waals surface area contributed by atoms with Gasteiger partial charge >= 0.3 is 5.97 Å². The number of halogens is 1. The Balaban J connectivity index is 1.76. The molecule has 2 N–H and O–H groups in total. The van der Waals surface area contributed by atoms with Gasteiger partial charge in [0.2, 0.25) is 0 Å². The zero-order valence-corrected chi connectivity index (χ0v) is 16.2. The molecule has 1 aromatic carbocycles. The van der Waals surface area contributed by atoms with Gasteiger partial charge in [-0.05, 0) is 37.0 Å². The molecule has 1 aromatic heterocycles. The summed E-state index contributed by atoms with van der Waals surface area (Å²) in [6.45, 7) is 4.57. The summed E-state index contributed by atoms with van der Waals surface area (Å²) in [6, 6.07) is 7.50. The van der Waals surface area contributed by atoms with E-state index in [0.29, 0.717) is 36.1 Å². The van der Waals surface area contributed by atoms with Gasteiger partial charge in [-0.15, -0.1) is 0 Å². The molecule has 6 nitrogen and oxygen atoms in total. The van der Waals surface area contributed by atoms with Crippen LogP contribution in [0.5, 0.6) is 5.75 Å². The molecule has 144 valence electrons. The van der Waals surface area contributed by atoms with E-state index in [4.69, 9.17) is 27.0 Å². The minimum absolute atomic E-state index is 0.181. The molecule has 0 bridgehead atoms. The fraction of sp³-hybridized carbons (Fsp3) is 0.400. The molecule has 2 atom stereocenters. The van der Waals surface area contributed by atoms with E-state index in [1.54, 1.807) is 6.20 Å². The lowest BCUT2D eigenvalue weighted by atomic mass is 10.00. The Morgan fingerprint density at radius 3 is 2.85 bits per heavy atom. The average Bonchev–Trinajstić information content (AvgIpc) is 3.07. The highest BCUT2D eigenvalue weighted by Gasteiger charge is 2.30. The number of pyridine rings is 1. The molecule has 1 aliphatic heterocycles. The standard InChI is InChI=1S/C20H23ClN2O4/c1-12(10-26-22)3-8-18(24)27-19-13(2)23-9-16-17(19)11-25-20(16)14-4-6-15(21)7-5-14/h4-7,9,12,20H,3,8,10-11,22H2,1-2H3/t12?,20-/m0/s1. The van der Waals surface area contributed by atoms with Gasteiger partial charge in [-0.2, -0.15) is 0 Å². The monoisotopic (exact) mass is 390 g/mol. The largest absolute Gasteiger partial charge is 0.424 e. The summed E-state index contributed by atoms with van der Waals surface area (Å²) in [5.74, 6) is 5.44. The summed E-state index contributed by atoms with van der Waals surface area (Å²) in [6.07, 6.45) is 2.47. The molecule has 0 fully saturated rings. The van der Waals surface area contributed by atoms with Gasteiger partial charge in [0.15, 0.2) is 5.75 Å². The fourth-order valence-electron chi connectivity index (χ4n) is 3.11. The van der Waals surface area contributed by atoms with Gasteiger partial charge < -0.3 is 14.3 Å². The Labute approximate surface area is 163 Å². The van der Waals surface area contributed by atoms with Crippen LogP contribution in [0.2, 0.25) is 5.02 Å². The van der Waals surface area contributed by atoms with Crippen molar-refractivity contribution in [3.63, 3.8) is 0 Å². The van der Waals surface area contributed by atoms with E-state index < -0.39 is 0 Å². The molecule has 0 aliphatic carbocycles. The second-order valence-corrected chi connectivity index (χ2v) is 7.24. The maximum absolute atomic E-state index is 12.3. The number of nitrogens with two attached hydrogens (primary N) is 1. The van der Waals surface area contributed by atoms with Crippen LogP contribution < -0.4 is 10.6 Å². The van der Waals surface area contributed by atoms with Crippen LogP contribution in [0.1, 0.15) is 48.3 Å². The first-order valence-electron chi connectivity index (χ1n) is 8.87. The van der Waals surface area contributed by atoms with E-state index in [1.165, 1.54) is 0 Å². The number of hydrogen-bond acceptors (Lipinski definition) is 6. The summed E-state index contributed by atoms with van der Waals surface area (Å²) in [5.41, 5.74) is 3.43. The van der Waals surface area contributed by atoms with Gasteiger partial charge in [0.05, 0.1) is 18.9 Å². The molecule has 27 heavy (non-hydrogen) atoms. The third kappa shape index (κ3) is 4.65. The normalized spacial score (nSPS) is 16.8. The second kappa shape index (κ2) is 8.80. The van der Waals surface area contributed by atoms with Gasteiger partial charge in [0.25, 0.3) is 0 Å². The Bertz CT molecular complexity index is 810. The lowest BCUT2D eigenvalue weighted by Crippen LogP contribution is -2.15. The lowest BCUT2D eigenvalue weighted by Gasteiger charge is -2.14. The number of fused-ring (bicyclic) bond motifs is 1. The number of benzene rings is 1. The quantitative estimate of drug-likeness (QED) is 0.570. The van der Waals surface area contributed by atoms with E-state index in [-0.39, 0.29) is 24.4 Å². The number of esters is 1. The first-order valence-corrected chi connectivity index (χ1v) is 9.25. The summed E-state index contributed by atoms with van der Waals surface area (Å²) >= 11 is 5.97. The summed E-state index contributed by atoms with van der Waals surface area (Å²) in [7, 11) is 0. The van der Waals surface area contributed by atoms with Crippen molar-refractivity contribution in [2.75, 3.05) is 6.61 Å². The van der Waals surface area contributed by atoms with Gasteiger partial charge in [-0.3, -0.25) is 9.78 Å². The highest BCUT2D eigenvalue weighted by atomic mass is 35.5. The van der Waals surface area contributed by atoms with Crippen LogP contribution in [0.25, 0.3) is 0 Å². The SMILES string of the molecule is Cc1ncc2c(c1OC(=O)CCC(C)CON)CO[C@H]2c1ccc(Cl)cc1. The molecule has 0 radical (unpaired) electrons. The third-order valence-corrected chi connectivity index (χ3v) is 4.89. The molecule has 0 saturated carbocycles. The van der Waals surface area contributed by atoms with Crippen molar-refractivity contribution in [3.8, 4) is 5.75 Å². The van der Waals surface area contributed by atoms with E-state index in [2.05, 4.69) is 9.82 Å². The predicted octanol–water partition coefficient (Wildman–Crippen LogP) is 3.88. The zero-order chi connectivity index (χ0) is 19.4. The lowest BCUT2D eigenvalue weighted by molar-refractivity contribution is -0.134.